The number of nitrogens with zero attached hydrogens (tertiary/aromatic N) is 2. The number of hydrogen-bond acceptors (Lipinski definition) is 3. The summed E-state index contributed by atoms with van der Waals surface area (Å²) in [6, 6.07) is 5.63. The zero-order chi connectivity index (χ0) is 12.5. The van der Waals surface area contributed by atoms with Crippen molar-refractivity contribution in [3.8, 4) is 0 Å². The van der Waals surface area contributed by atoms with E-state index in [1.165, 1.54) is 12.8 Å². The maximum Gasteiger partial charge on any atom is 0.338 e. The molecule has 94 valence electrons. The molecule has 0 amide bonds. The summed E-state index contributed by atoms with van der Waals surface area (Å²) < 4.78 is 7.26. The molecule has 4 nitrogen and oxygen atoms in total. The summed E-state index contributed by atoms with van der Waals surface area (Å²) >= 11 is 0. The van der Waals surface area contributed by atoms with Gasteiger partial charge < -0.3 is 9.30 Å². The van der Waals surface area contributed by atoms with Crippen molar-refractivity contribution in [2.45, 2.75) is 32.7 Å². The Bertz CT molecular complexity index is 601. The summed E-state index contributed by atoms with van der Waals surface area (Å²) in [4.78, 5) is 16.3. The van der Waals surface area contributed by atoms with Crippen LogP contribution in [0, 0.1) is 0 Å². The molecule has 1 aromatic carbocycles. The number of aromatic nitrogens is 2. The Kier molecular flexibility index (Phi) is 2.78. The standard InChI is InChI=1S/C14H16N2O2/c1-2-18-14(17)10-6-7-12-11(9-10)15-13-5-3-4-8-16(12)13/h6-7,9H,2-5,8H2,1H3. The summed E-state index contributed by atoms with van der Waals surface area (Å²) in [5, 5.41) is 0. The lowest BCUT2D eigenvalue weighted by Gasteiger charge is -2.13. The van der Waals surface area contributed by atoms with Crippen LogP contribution in [0.15, 0.2) is 18.2 Å². The van der Waals surface area contributed by atoms with E-state index in [0.29, 0.717) is 12.2 Å². The summed E-state index contributed by atoms with van der Waals surface area (Å²) in [6.45, 7) is 3.24. The molecule has 0 unspecified atom stereocenters. The fourth-order valence-electron chi connectivity index (χ4n) is 2.51. The summed E-state index contributed by atoms with van der Waals surface area (Å²) in [6.07, 6.45) is 3.44. The second kappa shape index (κ2) is 4.44. The third kappa shape index (κ3) is 1.78. The van der Waals surface area contributed by atoms with Crippen LogP contribution < -0.4 is 0 Å². The number of benzene rings is 1. The molecule has 0 saturated heterocycles. The van der Waals surface area contributed by atoms with Crippen LogP contribution in [0.25, 0.3) is 11.0 Å². The van der Waals surface area contributed by atoms with Gasteiger partial charge in [-0.1, -0.05) is 0 Å². The van der Waals surface area contributed by atoms with Gasteiger partial charge in [0.2, 0.25) is 0 Å². The van der Waals surface area contributed by atoms with E-state index in [4.69, 9.17) is 4.74 Å². The van der Waals surface area contributed by atoms with Gasteiger partial charge in [0, 0.05) is 13.0 Å². The average Bonchev–Trinajstić information content (AvgIpc) is 2.76. The molecule has 0 bridgehead atoms. The van der Waals surface area contributed by atoms with Crippen LogP contribution in [-0.2, 0) is 17.7 Å². The molecule has 1 aromatic heterocycles. The molecule has 0 spiro atoms. The first-order valence-corrected chi connectivity index (χ1v) is 6.46. The highest BCUT2D eigenvalue weighted by atomic mass is 16.5. The highest BCUT2D eigenvalue weighted by Crippen LogP contribution is 2.23. The van der Waals surface area contributed by atoms with Gasteiger partial charge in [0.1, 0.15) is 5.82 Å². The Hall–Kier alpha value is -1.84. The topological polar surface area (TPSA) is 44.1 Å². The van der Waals surface area contributed by atoms with Crippen LogP contribution in [0.2, 0.25) is 0 Å². The molecule has 0 atom stereocenters. The van der Waals surface area contributed by atoms with Crippen LogP contribution in [0.5, 0.6) is 0 Å². The van der Waals surface area contributed by atoms with Crippen molar-refractivity contribution >= 4 is 17.0 Å². The van der Waals surface area contributed by atoms with E-state index in [9.17, 15) is 4.79 Å². The minimum absolute atomic E-state index is 0.273. The van der Waals surface area contributed by atoms with Gasteiger partial charge in [-0.3, -0.25) is 0 Å². The van der Waals surface area contributed by atoms with Crippen molar-refractivity contribution < 1.29 is 9.53 Å². The molecule has 0 N–H and O–H groups in total. The highest BCUT2D eigenvalue weighted by molar-refractivity contribution is 5.93. The predicted molar refractivity (Wildman–Crippen MR) is 68.6 cm³/mol. The van der Waals surface area contributed by atoms with Crippen molar-refractivity contribution in [3.05, 3.63) is 29.6 Å². The van der Waals surface area contributed by atoms with E-state index >= 15 is 0 Å². The molecule has 1 aliphatic rings. The van der Waals surface area contributed by atoms with Crippen LogP contribution in [-0.4, -0.2) is 22.1 Å². The maximum atomic E-state index is 11.7. The fourth-order valence-corrected chi connectivity index (χ4v) is 2.51. The lowest BCUT2D eigenvalue weighted by Crippen LogP contribution is -2.10. The summed E-state index contributed by atoms with van der Waals surface area (Å²) in [5.41, 5.74) is 2.61. The van der Waals surface area contributed by atoms with E-state index < -0.39 is 0 Å². The maximum absolute atomic E-state index is 11.7. The molecule has 4 heteroatoms. The third-order valence-corrected chi connectivity index (χ3v) is 3.37. The first-order valence-electron chi connectivity index (χ1n) is 6.46. The van der Waals surface area contributed by atoms with Gasteiger partial charge in [-0.15, -0.1) is 0 Å². The first-order chi connectivity index (χ1) is 8.79. The van der Waals surface area contributed by atoms with E-state index in [1.54, 1.807) is 0 Å². The summed E-state index contributed by atoms with van der Waals surface area (Å²) in [7, 11) is 0. The van der Waals surface area contributed by atoms with Gasteiger partial charge in [0.25, 0.3) is 0 Å². The molecule has 0 aliphatic carbocycles. The number of carbonyl (C=O) groups excluding carboxylic acids is 1. The van der Waals surface area contributed by atoms with Gasteiger partial charge in [0.15, 0.2) is 0 Å². The zero-order valence-electron chi connectivity index (χ0n) is 10.5. The fraction of sp³-hybridized carbons (Fsp3) is 0.429. The van der Waals surface area contributed by atoms with Crippen molar-refractivity contribution in [2.24, 2.45) is 0 Å². The molecule has 18 heavy (non-hydrogen) atoms. The Morgan fingerprint density at radius 1 is 1.44 bits per heavy atom. The Morgan fingerprint density at radius 2 is 2.33 bits per heavy atom. The number of fused-ring (bicyclic) bond motifs is 3. The SMILES string of the molecule is CCOC(=O)c1ccc2c(c1)nc1n2CCCC1. The van der Waals surface area contributed by atoms with Crippen LogP contribution >= 0.6 is 0 Å². The number of rotatable bonds is 2. The molecule has 2 heterocycles. The molecular formula is C14H16N2O2. The highest BCUT2D eigenvalue weighted by Gasteiger charge is 2.16. The smallest absolute Gasteiger partial charge is 0.338 e. The Labute approximate surface area is 106 Å². The van der Waals surface area contributed by atoms with Gasteiger partial charge in [-0.25, -0.2) is 9.78 Å². The van der Waals surface area contributed by atoms with Gasteiger partial charge in [-0.2, -0.15) is 0 Å². The minimum Gasteiger partial charge on any atom is -0.462 e. The zero-order valence-corrected chi connectivity index (χ0v) is 10.5. The monoisotopic (exact) mass is 244 g/mol. The van der Waals surface area contributed by atoms with E-state index in [0.717, 1.165) is 29.8 Å². The summed E-state index contributed by atoms with van der Waals surface area (Å²) in [5.74, 6) is 0.864. The minimum atomic E-state index is -0.273. The molecule has 1 aliphatic heterocycles. The molecule has 0 radical (unpaired) electrons. The molecule has 0 saturated carbocycles. The average molecular weight is 244 g/mol. The van der Waals surface area contributed by atoms with Crippen LogP contribution in [0.1, 0.15) is 35.9 Å². The quantitative estimate of drug-likeness (QED) is 0.762. The predicted octanol–water partition coefficient (Wildman–Crippen LogP) is 2.55. The van der Waals surface area contributed by atoms with Crippen LogP contribution in [0.4, 0.5) is 0 Å². The van der Waals surface area contributed by atoms with Gasteiger partial charge in [0.05, 0.1) is 23.2 Å². The van der Waals surface area contributed by atoms with Gasteiger partial charge in [-0.05, 0) is 38.0 Å². The van der Waals surface area contributed by atoms with Crippen molar-refractivity contribution in [1.82, 2.24) is 9.55 Å². The largest absolute Gasteiger partial charge is 0.462 e. The first kappa shape index (κ1) is 11.3. The van der Waals surface area contributed by atoms with Crippen molar-refractivity contribution in [2.75, 3.05) is 6.61 Å². The van der Waals surface area contributed by atoms with E-state index in [2.05, 4.69) is 9.55 Å². The number of aryl methyl sites for hydroxylation is 2. The van der Waals surface area contributed by atoms with Crippen molar-refractivity contribution in [3.63, 3.8) is 0 Å². The number of ether oxygens (including phenoxy) is 1. The second-order valence-electron chi connectivity index (χ2n) is 4.56. The third-order valence-electron chi connectivity index (χ3n) is 3.37. The van der Waals surface area contributed by atoms with Gasteiger partial charge >= 0.3 is 5.97 Å². The lowest BCUT2D eigenvalue weighted by molar-refractivity contribution is 0.0526. The normalized spacial score (nSPS) is 14.5. The number of imidazole rings is 1. The Balaban J connectivity index is 2.05. The van der Waals surface area contributed by atoms with E-state index in [1.807, 2.05) is 25.1 Å². The Morgan fingerprint density at radius 3 is 3.17 bits per heavy atom. The van der Waals surface area contributed by atoms with Crippen molar-refractivity contribution in [1.29, 1.82) is 0 Å². The molecule has 0 fully saturated rings. The number of carbonyl (C=O) groups is 1. The molecular weight excluding hydrogens is 228 g/mol. The van der Waals surface area contributed by atoms with Crippen LogP contribution in [0.3, 0.4) is 0 Å². The second-order valence-corrected chi connectivity index (χ2v) is 4.56. The molecule has 3 rings (SSSR count). The lowest BCUT2D eigenvalue weighted by atomic mass is 10.1. The van der Waals surface area contributed by atoms with E-state index in [-0.39, 0.29) is 5.97 Å². The number of hydrogen-bond donors (Lipinski definition) is 0. The number of esters is 1. The molecule has 2 aromatic rings.